The molecule has 0 aromatic heterocycles. The summed E-state index contributed by atoms with van der Waals surface area (Å²) in [5, 5.41) is 81.6. The number of hydrogen-bond acceptors (Lipinski definition) is 10. The Labute approximate surface area is 212 Å². The van der Waals surface area contributed by atoms with Gasteiger partial charge in [0.15, 0.2) is 6.29 Å². The predicted molar refractivity (Wildman–Crippen MR) is 127 cm³/mol. The number of fused-ring (bicyclic) bond motifs is 3. The molecule has 3 fully saturated rings. The molecule has 0 aromatic carbocycles. The van der Waals surface area contributed by atoms with E-state index in [2.05, 4.69) is 13.8 Å². The summed E-state index contributed by atoms with van der Waals surface area (Å²) in [4.78, 5) is 0. The second kappa shape index (κ2) is 10.5. The molecule has 0 radical (unpaired) electrons. The molecule has 36 heavy (non-hydrogen) atoms. The third-order valence-electron chi connectivity index (χ3n) is 9.91. The van der Waals surface area contributed by atoms with Crippen LogP contribution >= 0.6 is 0 Å². The van der Waals surface area contributed by atoms with Crippen molar-refractivity contribution in [2.45, 2.75) is 95.3 Å². The van der Waals surface area contributed by atoms with Crippen molar-refractivity contribution < 1.29 is 50.3 Å². The first-order chi connectivity index (χ1) is 16.9. The first-order valence-electron chi connectivity index (χ1n) is 13.2. The lowest BCUT2D eigenvalue weighted by molar-refractivity contribution is -0.307. The molecule has 3 aliphatic carbocycles. The van der Waals surface area contributed by atoms with Gasteiger partial charge >= 0.3 is 0 Å². The van der Waals surface area contributed by atoms with E-state index in [4.69, 9.17) is 9.47 Å². The summed E-state index contributed by atoms with van der Waals surface area (Å²) < 4.78 is 11.3. The van der Waals surface area contributed by atoms with Crippen LogP contribution in [0.1, 0.15) is 52.4 Å². The molecule has 4 rings (SSSR count). The minimum Gasteiger partial charge on any atom is -0.396 e. The molecule has 1 saturated heterocycles. The topological polar surface area (TPSA) is 180 Å². The van der Waals surface area contributed by atoms with Crippen LogP contribution in [0, 0.1) is 28.1 Å². The summed E-state index contributed by atoms with van der Waals surface area (Å²) in [5.74, 6) is 0.407. The summed E-state index contributed by atoms with van der Waals surface area (Å²) >= 11 is 0. The number of rotatable bonds is 7. The molecule has 0 aromatic rings. The van der Waals surface area contributed by atoms with Crippen LogP contribution in [0.25, 0.3) is 0 Å². The number of aliphatic hydroxyl groups excluding tert-OH is 8. The van der Waals surface area contributed by atoms with Gasteiger partial charge in [-0.1, -0.05) is 25.5 Å². The van der Waals surface area contributed by atoms with Crippen molar-refractivity contribution in [1.29, 1.82) is 0 Å². The molecule has 0 amide bonds. The highest BCUT2D eigenvalue weighted by atomic mass is 16.7. The minimum absolute atomic E-state index is 0.0240. The zero-order valence-electron chi connectivity index (χ0n) is 21.2. The van der Waals surface area contributed by atoms with E-state index in [-0.39, 0.29) is 35.9 Å². The van der Waals surface area contributed by atoms with E-state index in [1.54, 1.807) is 0 Å². The first-order valence-corrected chi connectivity index (χ1v) is 13.2. The van der Waals surface area contributed by atoms with Crippen LogP contribution in [0.4, 0.5) is 0 Å². The molecule has 8 N–H and O–H groups in total. The quantitative estimate of drug-likeness (QED) is 0.197. The first kappa shape index (κ1) is 28.4. The van der Waals surface area contributed by atoms with E-state index in [1.165, 1.54) is 0 Å². The van der Waals surface area contributed by atoms with Crippen molar-refractivity contribution in [1.82, 2.24) is 0 Å². The Morgan fingerprint density at radius 1 is 1.03 bits per heavy atom. The zero-order valence-corrected chi connectivity index (χ0v) is 21.2. The van der Waals surface area contributed by atoms with Crippen molar-refractivity contribution in [3.63, 3.8) is 0 Å². The van der Waals surface area contributed by atoms with Crippen molar-refractivity contribution in [3.8, 4) is 0 Å². The lowest BCUT2D eigenvalue weighted by atomic mass is 9.44. The van der Waals surface area contributed by atoms with Crippen LogP contribution in [0.5, 0.6) is 0 Å². The Hall–Kier alpha value is -0.660. The Bertz CT molecular complexity index is 806. The molecular formula is C26H44O10. The number of hydrogen-bond donors (Lipinski definition) is 8. The summed E-state index contributed by atoms with van der Waals surface area (Å²) in [6.07, 6.45) is -2.66. The van der Waals surface area contributed by atoms with Crippen molar-refractivity contribution >= 4 is 0 Å². The van der Waals surface area contributed by atoms with Gasteiger partial charge < -0.3 is 50.3 Å². The molecule has 1 heterocycles. The summed E-state index contributed by atoms with van der Waals surface area (Å²) in [6, 6.07) is 0. The maximum Gasteiger partial charge on any atom is 0.186 e. The Morgan fingerprint density at radius 2 is 1.75 bits per heavy atom. The van der Waals surface area contributed by atoms with E-state index in [1.807, 2.05) is 6.08 Å². The molecule has 12 atom stereocenters. The van der Waals surface area contributed by atoms with Crippen LogP contribution < -0.4 is 0 Å². The fraction of sp³-hybridized carbons (Fsp3) is 0.923. The minimum atomic E-state index is -1.57. The highest BCUT2D eigenvalue weighted by molar-refractivity contribution is 5.26. The maximum atomic E-state index is 10.9. The average Bonchev–Trinajstić information content (AvgIpc) is 2.85. The molecule has 10 heteroatoms. The third-order valence-corrected chi connectivity index (χ3v) is 9.91. The van der Waals surface area contributed by atoms with Gasteiger partial charge in [-0.05, 0) is 61.2 Å². The van der Waals surface area contributed by atoms with Gasteiger partial charge in [-0.15, -0.1) is 0 Å². The van der Waals surface area contributed by atoms with Gasteiger partial charge in [0.05, 0.1) is 32.0 Å². The largest absolute Gasteiger partial charge is 0.396 e. The summed E-state index contributed by atoms with van der Waals surface area (Å²) in [6.45, 7) is 3.11. The van der Waals surface area contributed by atoms with Crippen molar-refractivity contribution in [2.24, 2.45) is 28.1 Å². The summed E-state index contributed by atoms with van der Waals surface area (Å²) in [5.41, 5.74) is -0.396. The van der Waals surface area contributed by atoms with Crippen LogP contribution in [0.3, 0.4) is 0 Å². The fourth-order valence-electron chi connectivity index (χ4n) is 7.98. The number of allylic oxidation sites excluding steroid dienone is 1. The van der Waals surface area contributed by atoms with Crippen LogP contribution in [-0.2, 0) is 9.47 Å². The zero-order chi connectivity index (χ0) is 26.5. The van der Waals surface area contributed by atoms with Gasteiger partial charge in [0.2, 0.25) is 0 Å². The van der Waals surface area contributed by atoms with Crippen LogP contribution in [-0.4, -0.2) is 110 Å². The molecular weight excluding hydrogens is 472 g/mol. The Kier molecular flexibility index (Phi) is 8.26. The number of aliphatic hydroxyl groups is 8. The van der Waals surface area contributed by atoms with Gasteiger partial charge in [0.1, 0.15) is 24.4 Å². The lowest BCUT2D eigenvalue weighted by Crippen LogP contribution is -2.60. The fourth-order valence-corrected chi connectivity index (χ4v) is 7.98. The van der Waals surface area contributed by atoms with E-state index >= 15 is 0 Å². The predicted octanol–water partition coefficient (Wildman–Crippen LogP) is -0.951. The monoisotopic (exact) mass is 516 g/mol. The van der Waals surface area contributed by atoms with E-state index in [0.717, 1.165) is 18.4 Å². The van der Waals surface area contributed by atoms with E-state index in [9.17, 15) is 40.9 Å². The molecule has 4 aliphatic rings. The van der Waals surface area contributed by atoms with Gasteiger partial charge in [0, 0.05) is 12.0 Å². The second-order valence-electron chi connectivity index (χ2n) is 12.2. The van der Waals surface area contributed by atoms with Crippen molar-refractivity contribution in [2.75, 3.05) is 26.4 Å². The van der Waals surface area contributed by atoms with Crippen LogP contribution in [0.15, 0.2) is 11.6 Å². The standard InChI is InChI=1S/C26H44O10/c1-24(12-29)8-15(30)9-25(2)16-5-6-26(19(31)11-28,7-14(16)3-4-18(24)25)13-35-23-22(34)21(33)20(32)17(10-27)36-23/h7,15-23,27-34H,3-6,8-13H2,1-2H3/t15-,16+,17-,18+,19-,20-,21+,22-,23-,24-,25-,26+/m1/s1. The lowest BCUT2D eigenvalue weighted by Gasteiger charge is -2.61. The molecule has 1 aliphatic heterocycles. The molecule has 2 saturated carbocycles. The average molecular weight is 517 g/mol. The van der Waals surface area contributed by atoms with Crippen molar-refractivity contribution in [3.05, 3.63) is 11.6 Å². The Balaban J connectivity index is 1.58. The number of ether oxygens (including phenoxy) is 2. The highest BCUT2D eigenvalue weighted by Gasteiger charge is 2.58. The van der Waals surface area contributed by atoms with E-state index < -0.39 is 61.5 Å². The van der Waals surface area contributed by atoms with Gasteiger partial charge in [-0.25, -0.2) is 0 Å². The second-order valence-corrected chi connectivity index (χ2v) is 12.2. The summed E-state index contributed by atoms with van der Waals surface area (Å²) in [7, 11) is 0. The Morgan fingerprint density at radius 3 is 2.39 bits per heavy atom. The van der Waals surface area contributed by atoms with Gasteiger partial charge in [-0.2, -0.15) is 0 Å². The maximum absolute atomic E-state index is 10.9. The smallest absolute Gasteiger partial charge is 0.186 e. The SMILES string of the molecule is C[C@]1(CO)C[C@@H](O)C[C@]2(C)[C@H]3CC[C@](CO[C@@H]4O[C@H](CO)[C@@H](O)[C@H](O)[C@H]4O)([C@H](O)CO)C=C3CC[C@@H]12. The van der Waals surface area contributed by atoms with E-state index in [0.29, 0.717) is 25.7 Å². The molecule has 208 valence electrons. The van der Waals surface area contributed by atoms with Crippen LogP contribution in [0.2, 0.25) is 0 Å². The molecule has 0 spiro atoms. The highest BCUT2D eigenvalue weighted by Crippen LogP contribution is 2.64. The molecule has 0 bridgehead atoms. The normalized spacial score (nSPS) is 50.1. The molecule has 10 nitrogen and oxygen atoms in total. The van der Waals surface area contributed by atoms with Gasteiger partial charge in [0.25, 0.3) is 0 Å². The molecule has 0 unspecified atom stereocenters. The third kappa shape index (κ3) is 4.68. The van der Waals surface area contributed by atoms with Gasteiger partial charge in [-0.3, -0.25) is 0 Å².